The number of benzene rings is 3. The molecule has 1 aliphatic heterocycles. The fourth-order valence-electron chi connectivity index (χ4n) is 3.14. The highest BCUT2D eigenvalue weighted by Crippen LogP contribution is 2.34. The maximum absolute atomic E-state index is 13.1. The van der Waals surface area contributed by atoms with E-state index < -0.39 is 11.8 Å². The van der Waals surface area contributed by atoms with Crippen molar-refractivity contribution in [2.45, 2.75) is 6.61 Å². The number of nitrogens with one attached hydrogen (secondary N) is 1. The molecule has 9 heteroatoms. The standard InChI is InChI=1S/C24H15Cl3N2O3S/c25-18-5-2-1-4-15(18)13-32-16-10-8-14(9-11-16)12-17-22(30)28-24(33)29(23(17)31)20-7-3-6-19(26)21(20)27/h1-12H,13H2,(H,28,30,33)/b17-12+. The largest absolute Gasteiger partial charge is 0.489 e. The zero-order valence-electron chi connectivity index (χ0n) is 16.8. The van der Waals surface area contributed by atoms with E-state index in [-0.39, 0.29) is 26.4 Å². The Morgan fingerprint density at radius 1 is 0.909 bits per heavy atom. The molecular weight excluding hydrogens is 503 g/mol. The maximum Gasteiger partial charge on any atom is 0.270 e. The minimum Gasteiger partial charge on any atom is -0.489 e. The van der Waals surface area contributed by atoms with Gasteiger partial charge in [0.05, 0.1) is 15.7 Å². The molecule has 0 aliphatic carbocycles. The molecule has 1 aliphatic rings. The molecule has 1 heterocycles. The van der Waals surface area contributed by atoms with Crippen molar-refractivity contribution in [3.63, 3.8) is 0 Å². The minimum absolute atomic E-state index is 0.0744. The number of carbonyl (C=O) groups excluding carboxylic acids is 2. The van der Waals surface area contributed by atoms with Gasteiger partial charge in [0.15, 0.2) is 5.11 Å². The van der Waals surface area contributed by atoms with Crippen molar-refractivity contribution in [1.82, 2.24) is 5.32 Å². The average molecular weight is 518 g/mol. The monoisotopic (exact) mass is 516 g/mol. The van der Waals surface area contributed by atoms with Gasteiger partial charge in [-0.1, -0.05) is 71.2 Å². The van der Waals surface area contributed by atoms with E-state index in [1.54, 1.807) is 48.5 Å². The molecule has 0 atom stereocenters. The number of hydrogen-bond acceptors (Lipinski definition) is 4. The fraction of sp³-hybridized carbons (Fsp3) is 0.0417. The normalized spacial score (nSPS) is 15.1. The summed E-state index contributed by atoms with van der Waals surface area (Å²) < 4.78 is 5.77. The first-order valence-corrected chi connectivity index (χ1v) is 11.2. The lowest BCUT2D eigenvalue weighted by Gasteiger charge is -2.29. The Labute approximate surface area is 210 Å². The van der Waals surface area contributed by atoms with Gasteiger partial charge in [-0.15, -0.1) is 0 Å². The molecule has 5 nitrogen and oxygen atoms in total. The molecule has 1 saturated heterocycles. The average Bonchev–Trinajstić information content (AvgIpc) is 2.79. The third-order valence-corrected chi connectivity index (χ3v) is 6.28. The van der Waals surface area contributed by atoms with Crippen LogP contribution >= 0.6 is 47.0 Å². The van der Waals surface area contributed by atoms with Crippen LogP contribution in [0.5, 0.6) is 5.75 Å². The zero-order valence-corrected chi connectivity index (χ0v) is 19.9. The first kappa shape index (κ1) is 23.3. The summed E-state index contributed by atoms with van der Waals surface area (Å²) in [6, 6.07) is 19.2. The van der Waals surface area contributed by atoms with Gasteiger partial charge in [0.2, 0.25) is 0 Å². The van der Waals surface area contributed by atoms with Gasteiger partial charge in [0, 0.05) is 10.6 Å². The van der Waals surface area contributed by atoms with E-state index in [0.717, 1.165) is 10.5 Å². The molecule has 1 fully saturated rings. The lowest BCUT2D eigenvalue weighted by atomic mass is 10.1. The summed E-state index contributed by atoms with van der Waals surface area (Å²) in [5.41, 5.74) is 1.69. The molecule has 1 N–H and O–H groups in total. The van der Waals surface area contributed by atoms with Crippen LogP contribution in [-0.4, -0.2) is 16.9 Å². The molecule has 0 saturated carbocycles. The van der Waals surface area contributed by atoms with E-state index >= 15 is 0 Å². The van der Waals surface area contributed by atoms with Crippen molar-refractivity contribution in [3.05, 3.63) is 98.5 Å². The predicted molar refractivity (Wildman–Crippen MR) is 135 cm³/mol. The molecule has 33 heavy (non-hydrogen) atoms. The molecule has 3 aromatic rings. The van der Waals surface area contributed by atoms with Crippen molar-refractivity contribution in [3.8, 4) is 5.75 Å². The van der Waals surface area contributed by atoms with Gasteiger partial charge in [-0.05, 0) is 54.2 Å². The first-order valence-electron chi connectivity index (χ1n) is 9.67. The number of rotatable bonds is 5. The van der Waals surface area contributed by atoms with Gasteiger partial charge in [0.25, 0.3) is 11.8 Å². The van der Waals surface area contributed by atoms with Crippen LogP contribution in [0.1, 0.15) is 11.1 Å². The van der Waals surface area contributed by atoms with Crippen LogP contribution in [0, 0.1) is 0 Å². The van der Waals surface area contributed by atoms with Gasteiger partial charge in [-0.2, -0.15) is 0 Å². The summed E-state index contributed by atoms with van der Waals surface area (Å²) in [5.74, 6) is -0.588. The van der Waals surface area contributed by atoms with Crippen molar-refractivity contribution < 1.29 is 14.3 Å². The van der Waals surface area contributed by atoms with E-state index in [1.807, 2.05) is 18.2 Å². The number of thiocarbonyl (C=S) groups is 1. The minimum atomic E-state index is -0.605. The second-order valence-corrected chi connectivity index (χ2v) is 8.56. The Bertz CT molecular complexity index is 1290. The highest BCUT2D eigenvalue weighted by Gasteiger charge is 2.35. The summed E-state index contributed by atoms with van der Waals surface area (Å²) >= 11 is 23.7. The SMILES string of the molecule is O=C1NC(=S)N(c2cccc(Cl)c2Cl)C(=O)/C1=C/c1ccc(OCc2ccccc2Cl)cc1. The predicted octanol–water partition coefficient (Wildman–Crippen LogP) is 6.06. The molecule has 0 aromatic heterocycles. The quantitative estimate of drug-likeness (QED) is 0.254. The van der Waals surface area contributed by atoms with Crippen molar-refractivity contribution in [2.24, 2.45) is 0 Å². The van der Waals surface area contributed by atoms with Gasteiger partial charge >= 0.3 is 0 Å². The summed E-state index contributed by atoms with van der Waals surface area (Å²) in [5, 5.41) is 3.50. The highest BCUT2D eigenvalue weighted by molar-refractivity contribution is 7.80. The number of carbonyl (C=O) groups is 2. The second kappa shape index (κ2) is 9.93. The maximum atomic E-state index is 13.1. The Kier molecular flexibility index (Phi) is 7.00. The summed E-state index contributed by atoms with van der Waals surface area (Å²) in [7, 11) is 0. The zero-order chi connectivity index (χ0) is 23.5. The number of ether oxygens (including phenoxy) is 1. The van der Waals surface area contributed by atoms with Gasteiger partial charge in [-0.3, -0.25) is 19.8 Å². The second-order valence-electron chi connectivity index (χ2n) is 6.98. The van der Waals surface area contributed by atoms with Gasteiger partial charge < -0.3 is 4.74 Å². The van der Waals surface area contributed by atoms with E-state index in [4.69, 9.17) is 51.8 Å². The molecular formula is C24H15Cl3N2O3S. The number of halogens is 3. The van der Waals surface area contributed by atoms with Crippen LogP contribution in [0.4, 0.5) is 5.69 Å². The van der Waals surface area contributed by atoms with Gasteiger partial charge in [0.1, 0.15) is 17.9 Å². The number of hydrogen-bond donors (Lipinski definition) is 1. The lowest BCUT2D eigenvalue weighted by molar-refractivity contribution is -0.122. The number of amides is 2. The van der Waals surface area contributed by atoms with E-state index in [2.05, 4.69) is 5.32 Å². The third kappa shape index (κ3) is 5.04. The molecule has 0 spiro atoms. The Balaban J connectivity index is 1.55. The van der Waals surface area contributed by atoms with Crippen molar-refractivity contribution in [1.29, 1.82) is 0 Å². The molecule has 4 rings (SSSR count). The summed E-state index contributed by atoms with van der Waals surface area (Å²) in [6.07, 6.45) is 1.47. The first-order chi connectivity index (χ1) is 15.8. The summed E-state index contributed by atoms with van der Waals surface area (Å²) in [6.45, 7) is 0.313. The smallest absolute Gasteiger partial charge is 0.270 e. The topological polar surface area (TPSA) is 58.6 Å². The van der Waals surface area contributed by atoms with Crippen LogP contribution in [0.25, 0.3) is 6.08 Å². The molecule has 0 bridgehead atoms. The van der Waals surface area contributed by atoms with Crippen LogP contribution in [-0.2, 0) is 16.2 Å². The van der Waals surface area contributed by atoms with Crippen LogP contribution in [0.2, 0.25) is 15.1 Å². The summed E-state index contributed by atoms with van der Waals surface area (Å²) in [4.78, 5) is 26.8. The van der Waals surface area contributed by atoms with Crippen LogP contribution < -0.4 is 15.0 Å². The molecule has 0 radical (unpaired) electrons. The van der Waals surface area contributed by atoms with Crippen molar-refractivity contribution in [2.75, 3.05) is 4.90 Å². The Morgan fingerprint density at radius 3 is 2.33 bits per heavy atom. The van der Waals surface area contributed by atoms with Gasteiger partial charge in [-0.25, -0.2) is 0 Å². The molecule has 2 amide bonds. The third-order valence-electron chi connectivity index (χ3n) is 4.82. The molecule has 0 unspecified atom stereocenters. The molecule has 166 valence electrons. The van der Waals surface area contributed by atoms with Crippen molar-refractivity contribution >= 4 is 75.7 Å². The van der Waals surface area contributed by atoms with E-state index in [0.29, 0.717) is 22.9 Å². The Hall–Kier alpha value is -2.90. The Morgan fingerprint density at radius 2 is 1.61 bits per heavy atom. The van der Waals surface area contributed by atoms with Crippen LogP contribution in [0.3, 0.4) is 0 Å². The fourth-order valence-corrected chi connectivity index (χ4v) is 3.99. The van der Waals surface area contributed by atoms with Crippen LogP contribution in [0.15, 0.2) is 72.3 Å². The highest BCUT2D eigenvalue weighted by atomic mass is 35.5. The number of anilines is 1. The van der Waals surface area contributed by atoms with E-state index in [9.17, 15) is 9.59 Å². The van der Waals surface area contributed by atoms with E-state index in [1.165, 1.54) is 6.08 Å². The molecule has 3 aromatic carbocycles. The number of nitrogens with zero attached hydrogens (tertiary/aromatic N) is 1. The lowest BCUT2D eigenvalue weighted by Crippen LogP contribution is -2.54.